The molecule has 0 unspecified atom stereocenters. The molecule has 3 aromatic rings. The van der Waals surface area contributed by atoms with Gasteiger partial charge in [-0.2, -0.15) is 0 Å². The fourth-order valence-electron chi connectivity index (χ4n) is 2.69. The lowest BCUT2D eigenvalue weighted by Crippen LogP contribution is -2.25. The second-order valence-electron chi connectivity index (χ2n) is 5.73. The Morgan fingerprint density at radius 1 is 1.12 bits per heavy atom. The molecule has 3 nitrogen and oxygen atoms in total. The largest absolute Gasteiger partial charge is 0.361 e. The number of rotatable bonds is 6. The first-order chi connectivity index (χ1) is 11.6. The van der Waals surface area contributed by atoms with Crippen molar-refractivity contribution in [3.63, 3.8) is 0 Å². The Labute approximate surface area is 144 Å². The Morgan fingerprint density at radius 3 is 2.71 bits per heavy atom. The summed E-state index contributed by atoms with van der Waals surface area (Å²) >= 11 is 5.84. The Bertz CT molecular complexity index is 842. The van der Waals surface area contributed by atoms with Crippen molar-refractivity contribution in [1.29, 1.82) is 0 Å². The molecule has 2 N–H and O–H groups in total. The van der Waals surface area contributed by atoms with E-state index in [1.807, 2.05) is 30.5 Å². The van der Waals surface area contributed by atoms with Crippen LogP contribution in [0, 0.1) is 5.82 Å². The quantitative estimate of drug-likeness (QED) is 0.689. The molecular weight excluding hydrogens is 327 g/mol. The van der Waals surface area contributed by atoms with Gasteiger partial charge in [-0.3, -0.25) is 4.79 Å². The number of H-pyrrole nitrogens is 1. The van der Waals surface area contributed by atoms with Gasteiger partial charge in [0.05, 0.1) is 0 Å². The Balaban J connectivity index is 1.47. The minimum Gasteiger partial charge on any atom is -0.361 e. The molecule has 5 heteroatoms. The van der Waals surface area contributed by atoms with E-state index in [2.05, 4.69) is 10.3 Å². The van der Waals surface area contributed by atoms with Crippen LogP contribution >= 0.6 is 11.6 Å². The van der Waals surface area contributed by atoms with Gasteiger partial charge in [0.1, 0.15) is 5.82 Å². The molecule has 124 valence electrons. The molecule has 0 aliphatic heterocycles. The summed E-state index contributed by atoms with van der Waals surface area (Å²) in [6.45, 7) is 0.531. The molecule has 0 fully saturated rings. The molecule has 1 aromatic heterocycles. The smallest absolute Gasteiger partial charge is 0.220 e. The van der Waals surface area contributed by atoms with Crippen LogP contribution in [-0.2, 0) is 17.6 Å². The summed E-state index contributed by atoms with van der Waals surface area (Å²) < 4.78 is 13.3. The fourth-order valence-corrected chi connectivity index (χ4v) is 2.82. The average Bonchev–Trinajstić information content (AvgIpc) is 2.97. The van der Waals surface area contributed by atoms with E-state index in [1.165, 1.54) is 12.1 Å². The molecular formula is C19H18ClFN2O. The number of benzene rings is 2. The predicted molar refractivity (Wildman–Crippen MR) is 94.7 cm³/mol. The topological polar surface area (TPSA) is 44.9 Å². The number of aromatic nitrogens is 1. The number of hydrogen-bond donors (Lipinski definition) is 2. The second-order valence-corrected chi connectivity index (χ2v) is 6.17. The minimum atomic E-state index is -0.254. The lowest BCUT2D eigenvalue weighted by atomic mass is 10.1. The lowest BCUT2D eigenvalue weighted by Gasteiger charge is -2.05. The van der Waals surface area contributed by atoms with Gasteiger partial charge in [0, 0.05) is 35.1 Å². The van der Waals surface area contributed by atoms with E-state index in [1.54, 1.807) is 6.07 Å². The van der Waals surface area contributed by atoms with Crippen LogP contribution in [0.25, 0.3) is 10.9 Å². The van der Waals surface area contributed by atoms with E-state index in [0.29, 0.717) is 30.8 Å². The number of aryl methyl sites for hydroxylation is 1. The van der Waals surface area contributed by atoms with Gasteiger partial charge in [0.15, 0.2) is 0 Å². The molecule has 2 aromatic carbocycles. The highest BCUT2D eigenvalue weighted by Crippen LogP contribution is 2.19. The van der Waals surface area contributed by atoms with E-state index in [-0.39, 0.29) is 11.7 Å². The van der Waals surface area contributed by atoms with Gasteiger partial charge in [-0.15, -0.1) is 0 Å². The standard InChI is InChI=1S/C19H18ClFN2O/c20-15-4-1-13(2-5-15)3-8-19(24)22-10-9-14-12-23-18-7-6-16(21)11-17(14)18/h1-2,4-7,11-12,23H,3,8-10H2,(H,22,24). The zero-order valence-electron chi connectivity index (χ0n) is 13.1. The summed E-state index contributed by atoms with van der Waals surface area (Å²) in [5.41, 5.74) is 2.99. The number of nitrogens with one attached hydrogen (secondary N) is 2. The van der Waals surface area contributed by atoms with Crippen LogP contribution in [0.2, 0.25) is 5.02 Å². The summed E-state index contributed by atoms with van der Waals surface area (Å²) in [6.07, 6.45) is 3.64. The first-order valence-corrected chi connectivity index (χ1v) is 8.26. The Kier molecular flexibility index (Phi) is 5.16. The number of hydrogen-bond acceptors (Lipinski definition) is 1. The summed E-state index contributed by atoms with van der Waals surface area (Å²) in [5.74, 6) is -0.244. The predicted octanol–water partition coefficient (Wildman–Crippen LogP) is 4.25. The van der Waals surface area contributed by atoms with Gasteiger partial charge in [0.25, 0.3) is 0 Å². The van der Waals surface area contributed by atoms with Gasteiger partial charge < -0.3 is 10.3 Å². The van der Waals surface area contributed by atoms with E-state index < -0.39 is 0 Å². The molecule has 24 heavy (non-hydrogen) atoms. The number of halogens is 2. The van der Waals surface area contributed by atoms with Crippen LogP contribution in [0.5, 0.6) is 0 Å². The van der Waals surface area contributed by atoms with E-state index in [9.17, 15) is 9.18 Å². The molecule has 0 bridgehead atoms. The number of carbonyl (C=O) groups excluding carboxylic acids is 1. The fraction of sp³-hybridized carbons (Fsp3) is 0.211. The van der Waals surface area contributed by atoms with Crippen molar-refractivity contribution in [2.75, 3.05) is 6.54 Å². The molecule has 0 saturated heterocycles. The minimum absolute atomic E-state index is 0.0102. The number of aromatic amines is 1. The van der Waals surface area contributed by atoms with E-state index >= 15 is 0 Å². The summed E-state index contributed by atoms with van der Waals surface area (Å²) in [6, 6.07) is 12.2. The highest BCUT2D eigenvalue weighted by Gasteiger charge is 2.06. The third kappa shape index (κ3) is 4.15. The van der Waals surface area contributed by atoms with E-state index in [4.69, 9.17) is 11.6 Å². The molecule has 0 saturated carbocycles. The van der Waals surface area contributed by atoms with Gasteiger partial charge in [-0.1, -0.05) is 23.7 Å². The van der Waals surface area contributed by atoms with Gasteiger partial charge in [0.2, 0.25) is 5.91 Å². The highest BCUT2D eigenvalue weighted by atomic mass is 35.5. The number of amides is 1. The van der Waals surface area contributed by atoms with Crippen molar-refractivity contribution in [2.45, 2.75) is 19.3 Å². The molecule has 0 atom stereocenters. The maximum Gasteiger partial charge on any atom is 0.220 e. The first-order valence-electron chi connectivity index (χ1n) is 7.88. The van der Waals surface area contributed by atoms with Crippen molar-refractivity contribution in [2.24, 2.45) is 0 Å². The number of fused-ring (bicyclic) bond motifs is 1. The zero-order valence-corrected chi connectivity index (χ0v) is 13.9. The van der Waals surface area contributed by atoms with Crippen LogP contribution in [0.4, 0.5) is 4.39 Å². The third-order valence-corrected chi connectivity index (χ3v) is 4.25. The van der Waals surface area contributed by atoms with Crippen molar-refractivity contribution < 1.29 is 9.18 Å². The van der Waals surface area contributed by atoms with Crippen molar-refractivity contribution in [3.8, 4) is 0 Å². The average molecular weight is 345 g/mol. The highest BCUT2D eigenvalue weighted by molar-refractivity contribution is 6.30. The summed E-state index contributed by atoms with van der Waals surface area (Å²) in [5, 5.41) is 4.47. The maximum atomic E-state index is 13.3. The van der Waals surface area contributed by atoms with Crippen LogP contribution in [-0.4, -0.2) is 17.4 Å². The number of carbonyl (C=O) groups is 1. The summed E-state index contributed by atoms with van der Waals surface area (Å²) in [7, 11) is 0. The monoisotopic (exact) mass is 344 g/mol. The lowest BCUT2D eigenvalue weighted by molar-refractivity contribution is -0.121. The normalized spacial score (nSPS) is 10.9. The van der Waals surface area contributed by atoms with E-state index in [0.717, 1.165) is 22.0 Å². The van der Waals surface area contributed by atoms with Gasteiger partial charge in [-0.25, -0.2) is 4.39 Å². The van der Waals surface area contributed by atoms with Crippen LogP contribution in [0.15, 0.2) is 48.7 Å². The van der Waals surface area contributed by atoms with Crippen LogP contribution in [0.3, 0.4) is 0 Å². The first kappa shape index (κ1) is 16.5. The Hall–Kier alpha value is -2.33. The van der Waals surface area contributed by atoms with Crippen molar-refractivity contribution >= 4 is 28.4 Å². The SMILES string of the molecule is O=C(CCc1ccc(Cl)cc1)NCCc1c[nH]c2ccc(F)cc12. The van der Waals surface area contributed by atoms with Crippen LogP contribution in [0.1, 0.15) is 17.5 Å². The maximum absolute atomic E-state index is 13.3. The van der Waals surface area contributed by atoms with Gasteiger partial charge >= 0.3 is 0 Å². The van der Waals surface area contributed by atoms with Crippen molar-refractivity contribution in [1.82, 2.24) is 10.3 Å². The van der Waals surface area contributed by atoms with Crippen LogP contribution < -0.4 is 5.32 Å². The molecule has 0 aliphatic rings. The van der Waals surface area contributed by atoms with Gasteiger partial charge in [-0.05, 0) is 54.3 Å². The second kappa shape index (κ2) is 7.49. The molecule has 1 amide bonds. The molecule has 0 radical (unpaired) electrons. The summed E-state index contributed by atoms with van der Waals surface area (Å²) in [4.78, 5) is 15.0. The molecule has 3 rings (SSSR count). The van der Waals surface area contributed by atoms with Crippen molar-refractivity contribution in [3.05, 3.63) is 70.6 Å². The Morgan fingerprint density at radius 2 is 1.92 bits per heavy atom. The third-order valence-electron chi connectivity index (χ3n) is 4.00. The zero-order chi connectivity index (χ0) is 16.9. The molecule has 0 aliphatic carbocycles. The molecule has 0 spiro atoms. The molecule has 1 heterocycles.